The Morgan fingerprint density at radius 3 is 2.35 bits per heavy atom. The molecule has 4 atom stereocenters. The van der Waals surface area contributed by atoms with Crippen molar-refractivity contribution in [1.82, 2.24) is 15.5 Å². The first-order chi connectivity index (χ1) is 17.5. The lowest BCUT2D eigenvalue weighted by Crippen LogP contribution is -2.57. The van der Waals surface area contributed by atoms with Gasteiger partial charge in [0.1, 0.15) is 23.9 Å². The number of benzene rings is 1. The predicted octanol–water partition coefficient (Wildman–Crippen LogP) is 0.482. The quantitative estimate of drug-likeness (QED) is 0.191. The Morgan fingerprint density at radius 1 is 1.08 bits per heavy atom. The third-order valence-corrected chi connectivity index (χ3v) is 6.46. The Balaban J connectivity index is 2.09. The number of hydrogen-bond acceptors (Lipinski definition) is 7. The summed E-state index contributed by atoms with van der Waals surface area (Å²) in [6.07, 6.45) is 3.29. The monoisotopic (exact) mass is 519 g/mol. The van der Waals surface area contributed by atoms with E-state index in [9.17, 15) is 29.4 Å². The molecule has 4 unspecified atom stereocenters. The molecule has 2 rings (SSSR count). The maximum Gasteiger partial charge on any atom is 0.326 e. The fourth-order valence-electron chi connectivity index (χ4n) is 4.45. The zero-order chi connectivity index (χ0) is 27.5. The molecule has 0 aromatic heterocycles. The molecule has 8 N–H and O–H groups in total. The highest BCUT2D eigenvalue weighted by atomic mass is 16.4. The number of likely N-dealkylation sites (tertiary alicyclic amines) is 1. The van der Waals surface area contributed by atoms with E-state index in [2.05, 4.69) is 10.6 Å². The Morgan fingerprint density at radius 2 is 1.76 bits per heavy atom. The topological polar surface area (TPSA) is 188 Å². The van der Waals surface area contributed by atoms with E-state index in [1.807, 2.05) is 13.8 Å². The Hall–Kier alpha value is -3.18. The molecule has 37 heavy (non-hydrogen) atoms. The summed E-state index contributed by atoms with van der Waals surface area (Å²) in [5.74, 6) is -2.40. The zero-order valence-electron chi connectivity index (χ0n) is 21.7. The van der Waals surface area contributed by atoms with Gasteiger partial charge >= 0.3 is 5.97 Å². The van der Waals surface area contributed by atoms with Crippen LogP contribution in [0.2, 0.25) is 0 Å². The molecule has 1 aliphatic heterocycles. The van der Waals surface area contributed by atoms with Crippen molar-refractivity contribution in [2.75, 3.05) is 13.1 Å². The highest BCUT2D eigenvalue weighted by Crippen LogP contribution is 2.21. The number of nitrogens with two attached hydrogens (primary N) is 2. The number of phenols is 1. The Kier molecular flexibility index (Phi) is 11.8. The van der Waals surface area contributed by atoms with Crippen LogP contribution in [0.3, 0.4) is 0 Å². The van der Waals surface area contributed by atoms with Gasteiger partial charge in [-0.25, -0.2) is 4.79 Å². The van der Waals surface area contributed by atoms with Crippen LogP contribution in [0.1, 0.15) is 57.9 Å². The molecule has 3 amide bonds. The standard InChI is InChI=1S/C26H41N5O6/c1-16(2)14-20(29-23(33)19(28)6-3-4-12-27)25(35)31-13-5-7-22(31)24(34)30-21(26(36)37)15-17-8-10-18(32)11-9-17/h8-11,16,19-22,32H,3-7,12-15,27-28H2,1-2H3,(H,29,33)(H,30,34)(H,36,37). The smallest absolute Gasteiger partial charge is 0.326 e. The fourth-order valence-corrected chi connectivity index (χ4v) is 4.45. The third-order valence-electron chi connectivity index (χ3n) is 6.46. The summed E-state index contributed by atoms with van der Waals surface area (Å²) in [6, 6.07) is 2.43. The van der Waals surface area contributed by atoms with E-state index in [-0.39, 0.29) is 24.0 Å². The molecular formula is C26H41N5O6. The van der Waals surface area contributed by atoms with Gasteiger partial charge in [0.2, 0.25) is 17.7 Å². The first-order valence-electron chi connectivity index (χ1n) is 12.9. The number of unbranched alkanes of at least 4 members (excludes halogenated alkanes) is 1. The number of phenolic OH excluding ortho intramolecular Hbond substituents is 1. The highest BCUT2D eigenvalue weighted by molar-refractivity contribution is 5.94. The number of aromatic hydroxyl groups is 1. The van der Waals surface area contributed by atoms with Crippen molar-refractivity contribution in [3.8, 4) is 5.75 Å². The van der Waals surface area contributed by atoms with Crippen molar-refractivity contribution in [3.63, 3.8) is 0 Å². The van der Waals surface area contributed by atoms with E-state index in [1.165, 1.54) is 17.0 Å². The summed E-state index contributed by atoms with van der Waals surface area (Å²) >= 11 is 0. The Bertz CT molecular complexity index is 923. The largest absolute Gasteiger partial charge is 0.508 e. The van der Waals surface area contributed by atoms with Crippen LogP contribution in [0, 0.1) is 5.92 Å². The molecule has 11 nitrogen and oxygen atoms in total. The van der Waals surface area contributed by atoms with E-state index < -0.39 is 42.0 Å². The summed E-state index contributed by atoms with van der Waals surface area (Å²) in [6.45, 7) is 4.71. The molecule has 1 saturated heterocycles. The second-order valence-corrected chi connectivity index (χ2v) is 10.0. The van der Waals surface area contributed by atoms with E-state index in [0.29, 0.717) is 50.8 Å². The van der Waals surface area contributed by atoms with Gasteiger partial charge in [0.15, 0.2) is 0 Å². The number of rotatable bonds is 14. The lowest BCUT2D eigenvalue weighted by atomic mass is 10.0. The summed E-state index contributed by atoms with van der Waals surface area (Å²) in [5, 5.41) is 24.4. The van der Waals surface area contributed by atoms with Crippen molar-refractivity contribution >= 4 is 23.7 Å². The number of carbonyl (C=O) groups is 4. The van der Waals surface area contributed by atoms with E-state index in [4.69, 9.17) is 11.5 Å². The second-order valence-electron chi connectivity index (χ2n) is 10.0. The maximum atomic E-state index is 13.5. The van der Waals surface area contributed by atoms with Crippen LogP contribution in [0.4, 0.5) is 0 Å². The number of carboxylic acids is 1. The van der Waals surface area contributed by atoms with Crippen molar-refractivity contribution < 1.29 is 29.4 Å². The van der Waals surface area contributed by atoms with Crippen molar-refractivity contribution in [2.24, 2.45) is 17.4 Å². The minimum atomic E-state index is -1.20. The number of hydrogen-bond donors (Lipinski definition) is 6. The van der Waals surface area contributed by atoms with Crippen molar-refractivity contribution in [2.45, 2.75) is 83.0 Å². The third kappa shape index (κ3) is 9.32. The molecule has 0 aliphatic carbocycles. The van der Waals surface area contributed by atoms with Crippen LogP contribution in [-0.4, -0.2) is 76.1 Å². The van der Waals surface area contributed by atoms with Crippen LogP contribution in [-0.2, 0) is 25.6 Å². The normalized spacial score (nSPS) is 17.8. The van der Waals surface area contributed by atoms with Gasteiger partial charge in [0, 0.05) is 13.0 Å². The van der Waals surface area contributed by atoms with Crippen molar-refractivity contribution in [1.29, 1.82) is 0 Å². The second kappa shape index (κ2) is 14.5. The molecule has 1 heterocycles. The molecule has 0 spiro atoms. The number of carboxylic acid groups (broad SMARTS) is 1. The van der Waals surface area contributed by atoms with Gasteiger partial charge < -0.3 is 37.2 Å². The SMILES string of the molecule is CC(C)CC(NC(=O)C(N)CCCCN)C(=O)N1CCCC1C(=O)NC(Cc1ccc(O)cc1)C(=O)O. The zero-order valence-corrected chi connectivity index (χ0v) is 21.7. The molecular weight excluding hydrogens is 478 g/mol. The summed E-state index contributed by atoms with van der Waals surface area (Å²) in [4.78, 5) is 52.6. The van der Waals surface area contributed by atoms with Gasteiger partial charge in [-0.1, -0.05) is 32.4 Å². The first-order valence-corrected chi connectivity index (χ1v) is 12.9. The average Bonchev–Trinajstić information content (AvgIpc) is 3.34. The summed E-state index contributed by atoms with van der Waals surface area (Å²) in [7, 11) is 0. The van der Waals surface area contributed by atoms with Gasteiger partial charge in [-0.2, -0.15) is 0 Å². The van der Waals surface area contributed by atoms with Crippen LogP contribution in [0.25, 0.3) is 0 Å². The molecule has 1 aliphatic rings. The van der Waals surface area contributed by atoms with Gasteiger partial charge in [0.25, 0.3) is 0 Å². The predicted molar refractivity (Wildman–Crippen MR) is 138 cm³/mol. The van der Waals surface area contributed by atoms with Gasteiger partial charge in [-0.3, -0.25) is 14.4 Å². The minimum absolute atomic E-state index is 0.0239. The molecule has 1 aromatic carbocycles. The number of aliphatic carboxylic acids is 1. The minimum Gasteiger partial charge on any atom is -0.508 e. The first kappa shape index (κ1) is 30.0. The molecule has 1 aromatic rings. The molecule has 1 fully saturated rings. The maximum absolute atomic E-state index is 13.5. The van der Waals surface area contributed by atoms with E-state index in [0.717, 1.165) is 6.42 Å². The van der Waals surface area contributed by atoms with Gasteiger partial charge in [-0.05, 0) is 62.3 Å². The molecule has 0 saturated carbocycles. The van der Waals surface area contributed by atoms with Crippen LogP contribution >= 0.6 is 0 Å². The fraction of sp³-hybridized carbons (Fsp3) is 0.615. The number of amides is 3. The van der Waals surface area contributed by atoms with E-state index >= 15 is 0 Å². The summed E-state index contributed by atoms with van der Waals surface area (Å²) < 4.78 is 0. The molecule has 206 valence electrons. The molecule has 0 bridgehead atoms. The van der Waals surface area contributed by atoms with Crippen LogP contribution < -0.4 is 22.1 Å². The lowest BCUT2D eigenvalue weighted by Gasteiger charge is -2.30. The number of nitrogens with one attached hydrogen (secondary N) is 2. The Labute approximate surface area is 217 Å². The van der Waals surface area contributed by atoms with Crippen molar-refractivity contribution in [3.05, 3.63) is 29.8 Å². The molecule has 11 heteroatoms. The van der Waals surface area contributed by atoms with Crippen LogP contribution in [0.5, 0.6) is 5.75 Å². The van der Waals surface area contributed by atoms with Gasteiger partial charge in [0.05, 0.1) is 6.04 Å². The molecule has 0 radical (unpaired) electrons. The highest BCUT2D eigenvalue weighted by Gasteiger charge is 2.39. The number of carbonyl (C=O) groups excluding carboxylic acids is 3. The summed E-state index contributed by atoms with van der Waals surface area (Å²) in [5.41, 5.74) is 12.1. The lowest BCUT2D eigenvalue weighted by molar-refractivity contribution is -0.145. The van der Waals surface area contributed by atoms with E-state index in [1.54, 1.807) is 12.1 Å². The van der Waals surface area contributed by atoms with Crippen LogP contribution in [0.15, 0.2) is 24.3 Å². The average molecular weight is 520 g/mol. The van der Waals surface area contributed by atoms with Gasteiger partial charge in [-0.15, -0.1) is 0 Å². The number of nitrogens with zero attached hydrogens (tertiary/aromatic N) is 1.